The lowest BCUT2D eigenvalue weighted by molar-refractivity contribution is -0.139. The predicted octanol–water partition coefficient (Wildman–Crippen LogP) is 5.23. The molecule has 3 aromatic rings. The first-order chi connectivity index (χ1) is 14.5. The lowest BCUT2D eigenvalue weighted by Crippen LogP contribution is -2.26. The van der Waals surface area contributed by atoms with E-state index in [9.17, 15) is 23.1 Å². The van der Waals surface area contributed by atoms with Gasteiger partial charge >= 0.3 is 12.1 Å². The van der Waals surface area contributed by atoms with Crippen molar-refractivity contribution in [3.05, 3.63) is 53.2 Å². The van der Waals surface area contributed by atoms with Crippen molar-refractivity contribution in [1.82, 2.24) is 15.0 Å². The van der Waals surface area contributed by atoms with Crippen LogP contribution in [0.4, 0.5) is 19.1 Å². The Balaban J connectivity index is 1.58. The summed E-state index contributed by atoms with van der Waals surface area (Å²) in [6.45, 7) is 3.75. The number of nitrogens with zero attached hydrogens (tertiary/aromatic N) is 3. The molecule has 0 atom stereocenters. The Morgan fingerprint density at radius 2 is 1.87 bits per heavy atom. The molecule has 3 rings (SSSR count). The third-order valence-corrected chi connectivity index (χ3v) is 6.39. The van der Waals surface area contributed by atoms with Gasteiger partial charge in [-0.25, -0.2) is 15.0 Å². The molecule has 11 heteroatoms. The van der Waals surface area contributed by atoms with Gasteiger partial charge < -0.3 is 10.4 Å². The average molecular weight is 469 g/mol. The summed E-state index contributed by atoms with van der Waals surface area (Å²) in [5.74, 6) is -0.546. The van der Waals surface area contributed by atoms with Crippen molar-refractivity contribution >= 4 is 35.0 Å². The fraction of sp³-hybridized carbons (Fsp3) is 0.300. The summed E-state index contributed by atoms with van der Waals surface area (Å²) in [7, 11) is 0. The smallest absolute Gasteiger partial charge is 0.416 e. The molecule has 0 aliphatic rings. The van der Waals surface area contributed by atoms with Gasteiger partial charge in [-0.05, 0) is 32.0 Å². The number of aliphatic carboxylic acids is 1. The second-order valence-electron chi connectivity index (χ2n) is 7.04. The zero-order valence-corrected chi connectivity index (χ0v) is 18.2. The van der Waals surface area contributed by atoms with Gasteiger partial charge in [-0.15, -0.1) is 11.3 Å². The third-order valence-electron chi connectivity index (χ3n) is 4.22. The van der Waals surface area contributed by atoms with E-state index in [4.69, 9.17) is 0 Å². The number of nitrogens with one attached hydrogen (secondary N) is 1. The molecule has 2 N–H and O–H groups in total. The second kappa shape index (κ2) is 9.23. The Morgan fingerprint density at radius 3 is 2.52 bits per heavy atom. The number of halogens is 3. The van der Waals surface area contributed by atoms with Crippen molar-refractivity contribution in [1.29, 1.82) is 0 Å². The van der Waals surface area contributed by atoms with Crippen LogP contribution in [0.2, 0.25) is 0 Å². The maximum Gasteiger partial charge on any atom is 0.416 e. The number of rotatable bonds is 8. The predicted molar refractivity (Wildman–Crippen MR) is 114 cm³/mol. The SMILES string of the molecule is CC(C)(Sc1nc(CCNc2nccc(-c3ccc(C(F)(F)F)cc3)n2)cs1)C(=O)O. The quantitative estimate of drug-likeness (QED) is 0.438. The fourth-order valence-electron chi connectivity index (χ4n) is 2.45. The minimum absolute atomic E-state index is 0.356. The summed E-state index contributed by atoms with van der Waals surface area (Å²) in [5.41, 5.74) is 1.17. The molecule has 164 valence electrons. The molecule has 0 radical (unpaired) electrons. The molecule has 0 aliphatic heterocycles. The Labute approximate surface area is 185 Å². The van der Waals surface area contributed by atoms with E-state index in [-0.39, 0.29) is 0 Å². The number of benzene rings is 1. The van der Waals surface area contributed by atoms with Crippen LogP contribution in [0.15, 0.2) is 46.2 Å². The zero-order chi connectivity index (χ0) is 22.6. The first-order valence-corrected chi connectivity index (χ1v) is 10.9. The van der Waals surface area contributed by atoms with E-state index in [1.54, 1.807) is 19.9 Å². The summed E-state index contributed by atoms with van der Waals surface area (Å²) in [5, 5.41) is 14.2. The maximum absolute atomic E-state index is 12.7. The Kier molecular flexibility index (Phi) is 6.85. The van der Waals surface area contributed by atoms with E-state index in [1.807, 2.05) is 5.38 Å². The van der Waals surface area contributed by atoms with Gasteiger partial charge in [-0.3, -0.25) is 4.79 Å². The van der Waals surface area contributed by atoms with Gasteiger partial charge in [-0.2, -0.15) is 13.2 Å². The molecule has 0 spiro atoms. The number of hydrogen-bond donors (Lipinski definition) is 2. The van der Waals surface area contributed by atoms with Gasteiger partial charge in [-0.1, -0.05) is 23.9 Å². The van der Waals surface area contributed by atoms with Crippen LogP contribution < -0.4 is 5.32 Å². The van der Waals surface area contributed by atoms with Crippen LogP contribution in [0, 0.1) is 0 Å². The summed E-state index contributed by atoms with van der Waals surface area (Å²) in [6.07, 6.45) is -2.26. The van der Waals surface area contributed by atoms with Gasteiger partial charge in [0.25, 0.3) is 0 Å². The second-order valence-corrected chi connectivity index (χ2v) is 9.77. The van der Waals surface area contributed by atoms with Gasteiger partial charge in [0.05, 0.1) is 17.0 Å². The first-order valence-electron chi connectivity index (χ1n) is 9.16. The van der Waals surface area contributed by atoms with Crippen molar-refractivity contribution in [3.8, 4) is 11.3 Å². The number of carboxylic acids is 1. The number of aromatic nitrogens is 3. The van der Waals surface area contributed by atoms with Crippen LogP contribution in [0.25, 0.3) is 11.3 Å². The molecule has 0 amide bonds. The van der Waals surface area contributed by atoms with Crippen molar-refractivity contribution in [2.24, 2.45) is 0 Å². The van der Waals surface area contributed by atoms with Gasteiger partial charge in [0.15, 0.2) is 4.34 Å². The molecule has 0 saturated heterocycles. The molecule has 6 nitrogen and oxygen atoms in total. The van der Waals surface area contributed by atoms with Gasteiger partial charge in [0, 0.05) is 30.1 Å². The highest BCUT2D eigenvalue weighted by molar-refractivity contribution is 8.02. The number of anilines is 1. The molecule has 0 fully saturated rings. The lowest BCUT2D eigenvalue weighted by atomic mass is 10.1. The highest BCUT2D eigenvalue weighted by atomic mass is 32.2. The van der Waals surface area contributed by atoms with E-state index < -0.39 is 22.5 Å². The van der Waals surface area contributed by atoms with Crippen LogP contribution in [-0.4, -0.2) is 37.3 Å². The molecule has 31 heavy (non-hydrogen) atoms. The number of carboxylic acid groups (broad SMARTS) is 1. The number of carbonyl (C=O) groups is 1. The highest BCUT2D eigenvalue weighted by Crippen LogP contribution is 2.34. The summed E-state index contributed by atoms with van der Waals surface area (Å²) < 4.78 is 37.9. The maximum atomic E-state index is 12.7. The fourth-order valence-corrected chi connectivity index (χ4v) is 4.67. The topological polar surface area (TPSA) is 88.0 Å². The van der Waals surface area contributed by atoms with Crippen LogP contribution in [0.1, 0.15) is 25.1 Å². The molecule has 0 aliphatic carbocycles. The van der Waals surface area contributed by atoms with E-state index in [0.29, 0.717) is 34.5 Å². The van der Waals surface area contributed by atoms with Gasteiger partial charge in [0.1, 0.15) is 4.75 Å². The average Bonchev–Trinajstić information content (AvgIpc) is 3.14. The van der Waals surface area contributed by atoms with Crippen molar-refractivity contribution in [2.75, 3.05) is 11.9 Å². The number of hydrogen-bond acceptors (Lipinski definition) is 7. The largest absolute Gasteiger partial charge is 0.480 e. The Bertz CT molecular complexity index is 1050. The molecular formula is C20H19F3N4O2S2. The van der Waals surface area contributed by atoms with E-state index >= 15 is 0 Å². The molecule has 0 bridgehead atoms. The normalized spacial score (nSPS) is 12.0. The minimum Gasteiger partial charge on any atom is -0.480 e. The summed E-state index contributed by atoms with van der Waals surface area (Å²) in [6, 6.07) is 6.42. The molecule has 0 unspecified atom stereocenters. The third kappa shape index (κ3) is 6.17. The van der Waals surface area contributed by atoms with E-state index in [0.717, 1.165) is 17.8 Å². The number of thiazole rings is 1. The van der Waals surface area contributed by atoms with Crippen molar-refractivity contribution in [3.63, 3.8) is 0 Å². The molecule has 1 aromatic carbocycles. The zero-order valence-electron chi connectivity index (χ0n) is 16.6. The Morgan fingerprint density at radius 1 is 1.16 bits per heavy atom. The number of alkyl halides is 3. The first kappa shape index (κ1) is 23.0. The Hall–Kier alpha value is -2.66. The minimum atomic E-state index is -4.38. The molecule has 0 saturated carbocycles. The molecule has 2 aromatic heterocycles. The summed E-state index contributed by atoms with van der Waals surface area (Å²) >= 11 is 2.59. The van der Waals surface area contributed by atoms with Crippen LogP contribution >= 0.6 is 23.1 Å². The van der Waals surface area contributed by atoms with E-state index in [1.165, 1.54) is 41.4 Å². The van der Waals surface area contributed by atoms with Crippen LogP contribution in [0.5, 0.6) is 0 Å². The molecule has 2 heterocycles. The number of thioether (sulfide) groups is 1. The van der Waals surface area contributed by atoms with Crippen molar-refractivity contribution in [2.45, 2.75) is 35.5 Å². The summed E-state index contributed by atoms with van der Waals surface area (Å²) in [4.78, 5) is 24.2. The van der Waals surface area contributed by atoms with Crippen molar-refractivity contribution < 1.29 is 23.1 Å². The van der Waals surface area contributed by atoms with Crippen LogP contribution in [0.3, 0.4) is 0 Å². The van der Waals surface area contributed by atoms with E-state index in [2.05, 4.69) is 20.3 Å². The highest BCUT2D eigenvalue weighted by Gasteiger charge is 2.30. The van der Waals surface area contributed by atoms with Gasteiger partial charge in [0.2, 0.25) is 5.95 Å². The monoisotopic (exact) mass is 468 g/mol. The van der Waals surface area contributed by atoms with Crippen LogP contribution in [-0.2, 0) is 17.4 Å². The lowest BCUT2D eigenvalue weighted by Gasteiger charge is -2.15. The standard InChI is InChI=1S/C20H19F3N4O2S2/c1-19(2,16(28)29)31-18-26-14(11-30-18)7-9-24-17-25-10-8-15(27-17)12-3-5-13(6-4-12)20(21,22)23/h3-6,8,10-11H,7,9H2,1-2H3,(H,28,29)(H,24,25,27). The molecular weight excluding hydrogens is 449 g/mol.